The van der Waals surface area contributed by atoms with E-state index in [0.29, 0.717) is 23.2 Å². The van der Waals surface area contributed by atoms with Crippen LogP contribution in [0.5, 0.6) is 5.75 Å². The third-order valence-corrected chi connectivity index (χ3v) is 2.42. The van der Waals surface area contributed by atoms with E-state index in [-0.39, 0.29) is 6.61 Å². The van der Waals surface area contributed by atoms with Crippen LogP contribution in [0.3, 0.4) is 0 Å². The van der Waals surface area contributed by atoms with Gasteiger partial charge in [-0.3, -0.25) is 4.79 Å². The Labute approximate surface area is 103 Å². The van der Waals surface area contributed by atoms with Crippen molar-refractivity contribution in [1.82, 2.24) is 0 Å². The average molecular weight is 248 g/mol. The lowest BCUT2D eigenvalue weighted by Gasteiger charge is -2.09. The van der Waals surface area contributed by atoms with Gasteiger partial charge in [-0.2, -0.15) is 0 Å². The third-order valence-electron chi connectivity index (χ3n) is 2.42. The van der Waals surface area contributed by atoms with Crippen LogP contribution in [-0.2, 0) is 4.79 Å². The number of halogens is 2. The second-order valence-corrected chi connectivity index (χ2v) is 3.60. The van der Waals surface area contributed by atoms with Gasteiger partial charge in [-0.1, -0.05) is 24.3 Å². The Morgan fingerprint density at radius 3 is 2.56 bits per heavy atom. The van der Waals surface area contributed by atoms with Crippen LogP contribution in [-0.4, -0.2) is 12.9 Å². The van der Waals surface area contributed by atoms with E-state index in [1.807, 2.05) is 0 Å². The van der Waals surface area contributed by atoms with Crippen LogP contribution in [0.2, 0.25) is 0 Å². The molecule has 0 aliphatic rings. The maximum Gasteiger partial charge on any atom is 0.159 e. The zero-order valence-electron chi connectivity index (χ0n) is 9.40. The minimum atomic E-state index is -0.919. The Balaban J connectivity index is 2.42. The second kappa shape index (κ2) is 5.40. The predicted octanol–water partition coefficient (Wildman–Crippen LogP) is 3.21. The van der Waals surface area contributed by atoms with Crippen LogP contribution in [0.25, 0.3) is 11.1 Å². The minimum absolute atomic E-state index is 0.0826. The summed E-state index contributed by atoms with van der Waals surface area (Å²) in [5, 5.41) is 0. The molecule has 0 saturated heterocycles. The molecule has 0 aliphatic carbocycles. The van der Waals surface area contributed by atoms with Gasteiger partial charge in [0.25, 0.3) is 0 Å². The topological polar surface area (TPSA) is 26.3 Å². The number of rotatable bonds is 4. The van der Waals surface area contributed by atoms with Gasteiger partial charge >= 0.3 is 0 Å². The van der Waals surface area contributed by atoms with Gasteiger partial charge < -0.3 is 4.74 Å². The number of carbonyl (C=O) groups is 1. The number of para-hydroxylation sites is 1. The van der Waals surface area contributed by atoms with E-state index in [1.165, 1.54) is 6.07 Å². The Kier molecular flexibility index (Phi) is 3.67. The van der Waals surface area contributed by atoms with Crippen LogP contribution < -0.4 is 4.74 Å². The van der Waals surface area contributed by atoms with E-state index in [1.54, 1.807) is 24.3 Å². The summed E-state index contributed by atoms with van der Waals surface area (Å²) in [7, 11) is 0. The zero-order valence-corrected chi connectivity index (χ0v) is 9.40. The number of benzene rings is 2. The van der Waals surface area contributed by atoms with Gasteiger partial charge in [-0.15, -0.1) is 0 Å². The molecule has 0 fully saturated rings. The second-order valence-electron chi connectivity index (χ2n) is 3.60. The molecule has 2 nitrogen and oxygen atoms in total. The summed E-state index contributed by atoms with van der Waals surface area (Å²) in [6, 6.07) is 10.5. The summed E-state index contributed by atoms with van der Waals surface area (Å²) >= 11 is 0. The molecule has 0 unspecified atom stereocenters. The molecular weight excluding hydrogens is 238 g/mol. The van der Waals surface area contributed by atoms with Gasteiger partial charge in [0.2, 0.25) is 0 Å². The van der Waals surface area contributed by atoms with Crippen molar-refractivity contribution in [2.24, 2.45) is 0 Å². The monoisotopic (exact) mass is 248 g/mol. The molecule has 0 atom stereocenters. The predicted molar refractivity (Wildman–Crippen MR) is 63.4 cm³/mol. The highest BCUT2D eigenvalue weighted by Gasteiger charge is 2.08. The SMILES string of the molecule is O=CCOc1ccccc1-c1ccc(F)c(F)c1. The smallest absolute Gasteiger partial charge is 0.159 e. The first-order valence-corrected chi connectivity index (χ1v) is 5.33. The standard InChI is InChI=1S/C14H10F2O2/c15-12-6-5-10(9-13(12)16)11-3-1-2-4-14(11)18-8-7-17/h1-7,9H,8H2. The molecule has 0 aromatic heterocycles. The molecule has 92 valence electrons. The van der Waals surface area contributed by atoms with E-state index in [2.05, 4.69) is 0 Å². The van der Waals surface area contributed by atoms with E-state index in [0.717, 1.165) is 12.1 Å². The van der Waals surface area contributed by atoms with Crippen molar-refractivity contribution >= 4 is 6.29 Å². The Morgan fingerprint density at radius 1 is 1.06 bits per heavy atom. The van der Waals surface area contributed by atoms with Crippen LogP contribution >= 0.6 is 0 Å². The molecule has 0 bridgehead atoms. The van der Waals surface area contributed by atoms with Crippen molar-refractivity contribution in [2.45, 2.75) is 0 Å². The lowest BCUT2D eigenvalue weighted by Crippen LogP contribution is -1.99. The van der Waals surface area contributed by atoms with Crippen molar-refractivity contribution < 1.29 is 18.3 Å². The normalized spacial score (nSPS) is 10.1. The molecule has 0 radical (unpaired) electrons. The van der Waals surface area contributed by atoms with Crippen LogP contribution in [0.4, 0.5) is 8.78 Å². The van der Waals surface area contributed by atoms with E-state index in [4.69, 9.17) is 4.74 Å². The summed E-state index contributed by atoms with van der Waals surface area (Å²) in [6.45, 7) is -0.0826. The van der Waals surface area contributed by atoms with Gasteiger partial charge in [-0.25, -0.2) is 8.78 Å². The molecule has 0 amide bonds. The van der Waals surface area contributed by atoms with Crippen LogP contribution in [0, 0.1) is 11.6 Å². The summed E-state index contributed by atoms with van der Waals surface area (Å²) < 4.78 is 31.3. The van der Waals surface area contributed by atoms with Gasteiger partial charge in [0.1, 0.15) is 12.4 Å². The Morgan fingerprint density at radius 2 is 1.83 bits per heavy atom. The maximum atomic E-state index is 13.2. The molecular formula is C14H10F2O2. The molecule has 18 heavy (non-hydrogen) atoms. The van der Waals surface area contributed by atoms with Crippen molar-refractivity contribution in [3.63, 3.8) is 0 Å². The molecule has 2 aromatic rings. The summed E-state index contributed by atoms with van der Waals surface area (Å²) in [5.41, 5.74) is 1.11. The molecule has 0 aliphatic heterocycles. The van der Waals surface area contributed by atoms with E-state index < -0.39 is 11.6 Å². The van der Waals surface area contributed by atoms with Crippen molar-refractivity contribution in [2.75, 3.05) is 6.61 Å². The molecule has 0 heterocycles. The molecule has 0 spiro atoms. The van der Waals surface area contributed by atoms with Crippen molar-refractivity contribution in [3.05, 3.63) is 54.1 Å². The van der Waals surface area contributed by atoms with Crippen LogP contribution in [0.15, 0.2) is 42.5 Å². The highest BCUT2D eigenvalue weighted by molar-refractivity contribution is 5.70. The molecule has 2 aromatic carbocycles. The number of hydrogen-bond donors (Lipinski definition) is 0. The fraction of sp³-hybridized carbons (Fsp3) is 0.0714. The molecule has 0 saturated carbocycles. The lowest BCUT2D eigenvalue weighted by atomic mass is 10.0. The number of aldehydes is 1. The van der Waals surface area contributed by atoms with Gasteiger partial charge in [0.15, 0.2) is 17.9 Å². The molecule has 2 rings (SSSR count). The summed E-state index contributed by atoms with van der Waals surface area (Å²) in [6.07, 6.45) is 0.627. The van der Waals surface area contributed by atoms with E-state index >= 15 is 0 Å². The quantitative estimate of drug-likeness (QED) is 0.776. The Bertz CT molecular complexity index is 567. The van der Waals surface area contributed by atoms with Crippen molar-refractivity contribution in [1.29, 1.82) is 0 Å². The first kappa shape index (κ1) is 12.2. The minimum Gasteiger partial charge on any atom is -0.486 e. The summed E-state index contributed by atoms with van der Waals surface area (Å²) in [4.78, 5) is 10.3. The largest absolute Gasteiger partial charge is 0.486 e. The lowest BCUT2D eigenvalue weighted by molar-refractivity contribution is -0.109. The van der Waals surface area contributed by atoms with Gasteiger partial charge in [0, 0.05) is 5.56 Å². The van der Waals surface area contributed by atoms with Crippen molar-refractivity contribution in [3.8, 4) is 16.9 Å². The molecule has 0 N–H and O–H groups in total. The maximum absolute atomic E-state index is 13.2. The number of carbonyl (C=O) groups excluding carboxylic acids is 1. The number of ether oxygens (including phenoxy) is 1. The fourth-order valence-corrected chi connectivity index (χ4v) is 1.62. The summed E-state index contributed by atoms with van der Waals surface area (Å²) in [5.74, 6) is -1.36. The van der Waals surface area contributed by atoms with Gasteiger partial charge in [0.05, 0.1) is 0 Å². The third kappa shape index (κ3) is 2.53. The van der Waals surface area contributed by atoms with Crippen LogP contribution in [0.1, 0.15) is 0 Å². The molecule has 4 heteroatoms. The number of hydrogen-bond acceptors (Lipinski definition) is 2. The fourth-order valence-electron chi connectivity index (χ4n) is 1.62. The first-order valence-electron chi connectivity index (χ1n) is 5.33. The average Bonchev–Trinajstić information content (AvgIpc) is 2.40. The Hall–Kier alpha value is -2.23. The van der Waals surface area contributed by atoms with E-state index in [9.17, 15) is 13.6 Å². The highest BCUT2D eigenvalue weighted by atomic mass is 19.2. The highest BCUT2D eigenvalue weighted by Crippen LogP contribution is 2.30. The first-order chi connectivity index (χ1) is 8.72. The zero-order chi connectivity index (χ0) is 13.0. The van der Waals surface area contributed by atoms with Gasteiger partial charge in [-0.05, 0) is 23.8 Å².